The van der Waals surface area contributed by atoms with Gasteiger partial charge in [-0.15, -0.1) is 0 Å². The number of benzene rings is 1. The van der Waals surface area contributed by atoms with Crippen molar-refractivity contribution in [3.63, 3.8) is 0 Å². The van der Waals surface area contributed by atoms with E-state index in [0.29, 0.717) is 4.47 Å². The second-order valence-electron chi connectivity index (χ2n) is 3.58. The highest BCUT2D eigenvalue weighted by atomic mass is 79.9. The van der Waals surface area contributed by atoms with Gasteiger partial charge in [0.15, 0.2) is 15.9 Å². The number of hydrogen-bond acceptors (Lipinski definition) is 5. The molecule has 5 nitrogen and oxygen atoms in total. The minimum absolute atomic E-state index is 0.00144. The Morgan fingerprint density at radius 2 is 2.11 bits per heavy atom. The molecule has 0 fully saturated rings. The quantitative estimate of drug-likeness (QED) is 0.841. The van der Waals surface area contributed by atoms with Crippen molar-refractivity contribution < 1.29 is 23.1 Å². The van der Waals surface area contributed by atoms with Gasteiger partial charge in [-0.1, -0.05) is 22.0 Å². The average molecular weight is 337 g/mol. The standard InChI is InChI=1S/C11H13BrO5S/c1-3-17-11(14)10(13)9-7(12)5-4-6-8(9)18(2,15)16/h4-6,10,13H,3H2,1-2H3. The first-order valence-electron chi connectivity index (χ1n) is 5.12. The average Bonchev–Trinajstić information content (AvgIpc) is 2.27. The van der Waals surface area contributed by atoms with Crippen molar-refractivity contribution in [2.75, 3.05) is 12.9 Å². The lowest BCUT2D eigenvalue weighted by atomic mass is 10.1. The molecule has 0 aliphatic rings. The zero-order valence-electron chi connectivity index (χ0n) is 9.88. The molecule has 1 atom stereocenters. The van der Waals surface area contributed by atoms with Crippen LogP contribution in [0.2, 0.25) is 0 Å². The maximum Gasteiger partial charge on any atom is 0.339 e. The molecule has 0 heterocycles. The predicted molar refractivity (Wildman–Crippen MR) is 68.8 cm³/mol. The van der Waals surface area contributed by atoms with Gasteiger partial charge in [0.25, 0.3) is 0 Å². The zero-order chi connectivity index (χ0) is 13.9. The number of aliphatic hydroxyl groups excluding tert-OH is 1. The van der Waals surface area contributed by atoms with Crippen LogP contribution in [0.3, 0.4) is 0 Å². The predicted octanol–water partition coefficient (Wildman–Crippen LogP) is 1.45. The molecule has 1 aromatic carbocycles. The van der Waals surface area contributed by atoms with E-state index in [9.17, 15) is 18.3 Å². The van der Waals surface area contributed by atoms with Gasteiger partial charge in [-0.25, -0.2) is 13.2 Å². The molecule has 18 heavy (non-hydrogen) atoms. The number of ether oxygens (including phenoxy) is 1. The van der Waals surface area contributed by atoms with E-state index in [1.165, 1.54) is 12.1 Å². The Kier molecular flexibility index (Phi) is 4.89. The molecule has 0 saturated carbocycles. The molecule has 0 aromatic heterocycles. The van der Waals surface area contributed by atoms with Crippen LogP contribution < -0.4 is 0 Å². The smallest absolute Gasteiger partial charge is 0.339 e. The van der Waals surface area contributed by atoms with E-state index >= 15 is 0 Å². The summed E-state index contributed by atoms with van der Waals surface area (Å²) in [5, 5.41) is 9.88. The molecule has 1 aromatic rings. The zero-order valence-corrected chi connectivity index (χ0v) is 12.3. The number of carbonyl (C=O) groups is 1. The number of hydrogen-bond donors (Lipinski definition) is 1. The van der Waals surface area contributed by atoms with Gasteiger partial charge in [0.1, 0.15) is 0 Å². The van der Waals surface area contributed by atoms with E-state index in [1.807, 2.05) is 0 Å². The molecule has 0 amide bonds. The summed E-state index contributed by atoms with van der Waals surface area (Å²) in [6.45, 7) is 1.71. The summed E-state index contributed by atoms with van der Waals surface area (Å²) < 4.78 is 28.2. The van der Waals surface area contributed by atoms with Crippen LogP contribution in [0, 0.1) is 0 Å². The number of halogens is 1. The molecule has 1 unspecified atom stereocenters. The minimum atomic E-state index is -3.55. The Bertz CT molecular complexity index is 553. The molecule has 0 aliphatic carbocycles. The van der Waals surface area contributed by atoms with E-state index < -0.39 is 21.9 Å². The number of rotatable bonds is 4. The number of carbonyl (C=O) groups excluding carboxylic acids is 1. The second kappa shape index (κ2) is 5.81. The fourth-order valence-electron chi connectivity index (χ4n) is 1.44. The Morgan fingerprint density at radius 3 is 2.61 bits per heavy atom. The summed E-state index contributed by atoms with van der Waals surface area (Å²) in [6, 6.07) is 4.40. The van der Waals surface area contributed by atoms with E-state index in [4.69, 9.17) is 0 Å². The highest BCUT2D eigenvalue weighted by Crippen LogP contribution is 2.30. The van der Waals surface area contributed by atoms with Gasteiger partial charge in [0.2, 0.25) is 0 Å². The molecular weight excluding hydrogens is 324 g/mol. The van der Waals surface area contributed by atoms with Crippen LogP contribution >= 0.6 is 15.9 Å². The third kappa shape index (κ3) is 3.30. The molecule has 0 aliphatic heterocycles. The molecule has 1 N–H and O–H groups in total. The molecule has 0 saturated heterocycles. The van der Waals surface area contributed by atoms with Crippen molar-refractivity contribution >= 4 is 31.7 Å². The molecule has 100 valence electrons. The maximum atomic E-state index is 11.6. The first-order chi connectivity index (χ1) is 8.29. The first-order valence-corrected chi connectivity index (χ1v) is 7.80. The van der Waals surface area contributed by atoms with E-state index in [-0.39, 0.29) is 17.1 Å². The number of esters is 1. The summed E-state index contributed by atoms with van der Waals surface area (Å²) in [5.74, 6) is -0.880. The second-order valence-corrected chi connectivity index (χ2v) is 6.42. The maximum absolute atomic E-state index is 11.6. The van der Waals surface area contributed by atoms with Gasteiger partial charge >= 0.3 is 5.97 Å². The monoisotopic (exact) mass is 336 g/mol. The van der Waals surface area contributed by atoms with Gasteiger partial charge in [0, 0.05) is 16.3 Å². The SMILES string of the molecule is CCOC(=O)C(O)c1c(Br)cccc1S(C)(=O)=O. The van der Waals surface area contributed by atoms with Crippen LogP contribution in [-0.4, -0.2) is 32.4 Å². The van der Waals surface area contributed by atoms with Crippen molar-refractivity contribution in [3.8, 4) is 0 Å². The molecule has 7 heteroatoms. The first kappa shape index (κ1) is 15.1. The van der Waals surface area contributed by atoms with E-state index in [2.05, 4.69) is 20.7 Å². The van der Waals surface area contributed by atoms with Gasteiger partial charge < -0.3 is 9.84 Å². The van der Waals surface area contributed by atoms with Crippen LogP contribution in [0.5, 0.6) is 0 Å². The van der Waals surface area contributed by atoms with Gasteiger partial charge in [-0.2, -0.15) is 0 Å². The topological polar surface area (TPSA) is 80.7 Å². The number of sulfone groups is 1. The molecule has 0 bridgehead atoms. The fraction of sp³-hybridized carbons (Fsp3) is 0.364. The third-order valence-corrected chi connectivity index (χ3v) is 4.04. The summed E-state index contributed by atoms with van der Waals surface area (Å²) in [7, 11) is -3.55. The molecule has 1 rings (SSSR count). The highest BCUT2D eigenvalue weighted by molar-refractivity contribution is 9.10. The van der Waals surface area contributed by atoms with Crippen LogP contribution in [0.4, 0.5) is 0 Å². The van der Waals surface area contributed by atoms with Crippen LogP contribution in [-0.2, 0) is 19.4 Å². The van der Waals surface area contributed by atoms with E-state index in [1.54, 1.807) is 13.0 Å². The fourth-order valence-corrected chi connectivity index (χ4v) is 3.11. The lowest BCUT2D eigenvalue weighted by Gasteiger charge is -2.15. The summed E-state index contributed by atoms with van der Waals surface area (Å²) in [6.07, 6.45) is -0.624. The van der Waals surface area contributed by atoms with E-state index in [0.717, 1.165) is 6.26 Å². The van der Waals surface area contributed by atoms with Crippen molar-refractivity contribution in [3.05, 3.63) is 28.2 Å². The van der Waals surface area contributed by atoms with Crippen LogP contribution in [0.25, 0.3) is 0 Å². The Labute approximate surface area is 114 Å². The molecule has 0 radical (unpaired) electrons. The van der Waals surface area contributed by atoms with Gasteiger partial charge in [-0.3, -0.25) is 0 Å². The normalized spacial score (nSPS) is 13.1. The summed E-state index contributed by atoms with van der Waals surface area (Å²) in [5.41, 5.74) is -0.00144. The summed E-state index contributed by atoms with van der Waals surface area (Å²) >= 11 is 3.13. The highest BCUT2D eigenvalue weighted by Gasteiger charge is 2.27. The Morgan fingerprint density at radius 1 is 1.50 bits per heavy atom. The third-order valence-electron chi connectivity index (χ3n) is 2.20. The minimum Gasteiger partial charge on any atom is -0.464 e. The van der Waals surface area contributed by atoms with Crippen molar-refractivity contribution in [2.24, 2.45) is 0 Å². The molecular formula is C11H13BrO5S. The lowest BCUT2D eigenvalue weighted by Crippen LogP contribution is -2.18. The van der Waals surface area contributed by atoms with Crippen molar-refractivity contribution in [2.45, 2.75) is 17.9 Å². The summed E-state index contributed by atoms with van der Waals surface area (Å²) in [4.78, 5) is 11.4. The van der Waals surface area contributed by atoms with Crippen LogP contribution in [0.15, 0.2) is 27.6 Å². The van der Waals surface area contributed by atoms with Gasteiger partial charge in [-0.05, 0) is 19.1 Å². The lowest BCUT2D eigenvalue weighted by molar-refractivity contribution is -0.153. The Hall–Kier alpha value is -0.920. The van der Waals surface area contributed by atoms with Crippen molar-refractivity contribution in [1.29, 1.82) is 0 Å². The van der Waals surface area contributed by atoms with Crippen LogP contribution in [0.1, 0.15) is 18.6 Å². The largest absolute Gasteiger partial charge is 0.464 e. The number of aliphatic hydroxyl groups is 1. The van der Waals surface area contributed by atoms with Crippen molar-refractivity contribution in [1.82, 2.24) is 0 Å². The van der Waals surface area contributed by atoms with Gasteiger partial charge in [0.05, 0.1) is 11.5 Å². The molecule has 0 spiro atoms. The Balaban J connectivity index is 3.35.